The van der Waals surface area contributed by atoms with Crippen molar-refractivity contribution in [1.29, 1.82) is 0 Å². The summed E-state index contributed by atoms with van der Waals surface area (Å²) in [7, 11) is 1.02. The van der Waals surface area contributed by atoms with Crippen molar-refractivity contribution in [3.63, 3.8) is 0 Å². The van der Waals surface area contributed by atoms with Gasteiger partial charge in [-0.15, -0.1) is 0 Å². The summed E-state index contributed by atoms with van der Waals surface area (Å²) >= 11 is 0. The first-order valence-electron chi connectivity index (χ1n) is 10.3. The molecule has 3 saturated heterocycles. The summed E-state index contributed by atoms with van der Waals surface area (Å²) in [5.41, 5.74) is -2.13. The van der Waals surface area contributed by atoms with Crippen LogP contribution in [-0.4, -0.2) is 164 Å². The Bertz CT molecular complexity index is 644. The minimum atomic E-state index is -2.24. The molecule has 33 heavy (non-hydrogen) atoms. The summed E-state index contributed by atoms with van der Waals surface area (Å²) in [4.78, 5) is 0. The van der Waals surface area contributed by atoms with Crippen molar-refractivity contribution in [2.75, 3.05) is 33.0 Å². The van der Waals surface area contributed by atoms with E-state index in [0.717, 1.165) is 7.28 Å². The number of aliphatic hydroxyl groups excluding tert-OH is 10. The van der Waals surface area contributed by atoms with Gasteiger partial charge in [0, 0.05) is 0 Å². The Balaban J connectivity index is 1.82. The molecule has 191 valence electrons. The van der Waals surface area contributed by atoms with Crippen LogP contribution in [0.25, 0.3) is 0 Å². The second kappa shape index (κ2) is 10.6. The first kappa shape index (κ1) is 27.1. The first-order chi connectivity index (χ1) is 15.6. The monoisotopic (exact) mass is 485 g/mol. The highest BCUT2D eigenvalue weighted by atomic mass is 16.8. The van der Waals surface area contributed by atoms with Crippen LogP contribution in [0.4, 0.5) is 0 Å². The van der Waals surface area contributed by atoms with Gasteiger partial charge in [0.2, 0.25) is 13.1 Å². The third-order valence-electron chi connectivity index (χ3n) is 5.92. The third kappa shape index (κ3) is 5.06. The van der Waals surface area contributed by atoms with Crippen molar-refractivity contribution in [3.05, 3.63) is 0 Å². The van der Waals surface area contributed by atoms with E-state index in [1.165, 1.54) is 0 Å². The Kier molecular flexibility index (Phi) is 8.70. The van der Waals surface area contributed by atoms with Crippen LogP contribution in [0.1, 0.15) is 0 Å². The normalized spacial score (nSPS) is 50.5. The Morgan fingerprint density at radius 3 is 1.88 bits per heavy atom. The molecule has 3 rings (SSSR count). The molecule has 0 aromatic rings. The lowest BCUT2D eigenvalue weighted by molar-refractivity contribution is -0.371. The molecular weight excluding hydrogens is 455 g/mol. The zero-order chi connectivity index (χ0) is 24.6. The summed E-state index contributed by atoms with van der Waals surface area (Å²) in [5, 5.41) is 98.6. The van der Waals surface area contributed by atoms with E-state index in [-0.39, 0.29) is 0 Å². The Hall–Kier alpha value is -0.535. The van der Waals surface area contributed by atoms with E-state index in [0.29, 0.717) is 0 Å². The van der Waals surface area contributed by atoms with Crippen LogP contribution in [-0.2, 0) is 23.7 Å². The maximum absolute atomic E-state index is 10.3. The zero-order valence-corrected chi connectivity index (χ0v) is 17.4. The maximum atomic E-state index is 10.3. The fourth-order valence-electron chi connectivity index (χ4n) is 3.95. The van der Waals surface area contributed by atoms with E-state index in [1.807, 2.05) is 0 Å². The summed E-state index contributed by atoms with van der Waals surface area (Å²) in [5.74, 6) is -2.24. The lowest BCUT2D eigenvalue weighted by Gasteiger charge is -2.44. The lowest BCUT2D eigenvalue weighted by Crippen LogP contribution is -2.62. The van der Waals surface area contributed by atoms with Crippen molar-refractivity contribution in [3.8, 4) is 0 Å². The van der Waals surface area contributed by atoms with Crippen LogP contribution in [0.15, 0.2) is 0 Å². The number of ether oxygens (including phenoxy) is 5. The van der Waals surface area contributed by atoms with E-state index in [4.69, 9.17) is 23.7 Å². The Morgan fingerprint density at radius 2 is 1.36 bits per heavy atom. The fourth-order valence-corrected chi connectivity index (χ4v) is 3.95. The van der Waals surface area contributed by atoms with Crippen molar-refractivity contribution < 1.29 is 74.7 Å². The largest absolute Gasteiger partial charge is 0.399 e. The van der Waals surface area contributed by atoms with Crippen LogP contribution in [0.3, 0.4) is 0 Å². The van der Waals surface area contributed by atoms with E-state index in [9.17, 15) is 51.1 Å². The third-order valence-corrected chi connectivity index (χ3v) is 5.92. The van der Waals surface area contributed by atoms with Gasteiger partial charge in [-0.25, -0.2) is 0 Å². The molecule has 3 heterocycles. The van der Waals surface area contributed by atoms with E-state index >= 15 is 0 Å². The predicted molar refractivity (Wildman–Crippen MR) is 101 cm³/mol. The van der Waals surface area contributed by atoms with Crippen molar-refractivity contribution >= 4 is 7.28 Å². The van der Waals surface area contributed by atoms with Gasteiger partial charge >= 0.3 is 0 Å². The standard InChI is InChI=1S/C17H30BO15/c19-1-6-9(23)11(25)12(26)15(30-6)33-17(18-14(28)8(3-21)32-17)5-29-16(4-22)13(27)10(24)7(2-20)31-16/h6-15,19-28H,1-5H2/t6?,7?,8?,9?,10?,11?,12?,13?,14-,15?,16+,17-/m0/s1. The van der Waals surface area contributed by atoms with Crippen LogP contribution >= 0.6 is 0 Å². The minimum Gasteiger partial charge on any atom is -0.399 e. The SMILES string of the molecule is OCC1OC(O[C@@]2(CO[C@]3(CO)OC(CO)C(O)C3O)[B][C@@H](O)C(CO)O2)C(O)C(O)C1O. The Morgan fingerprint density at radius 1 is 0.727 bits per heavy atom. The molecule has 0 aromatic heterocycles. The van der Waals surface area contributed by atoms with Crippen molar-refractivity contribution in [1.82, 2.24) is 0 Å². The average molecular weight is 485 g/mol. The van der Waals surface area contributed by atoms with Gasteiger partial charge in [0.05, 0.1) is 32.4 Å². The van der Waals surface area contributed by atoms with Gasteiger partial charge in [-0.1, -0.05) is 0 Å². The predicted octanol–water partition coefficient (Wildman–Crippen LogP) is -7.31. The molecule has 3 aliphatic rings. The molecule has 0 saturated carbocycles. The molecule has 12 atom stereocenters. The smallest absolute Gasteiger partial charge is 0.236 e. The fraction of sp³-hybridized carbons (Fsp3) is 1.00. The molecular formula is C17H30BO15. The van der Waals surface area contributed by atoms with Crippen molar-refractivity contribution in [2.45, 2.75) is 72.6 Å². The highest BCUT2D eigenvalue weighted by Gasteiger charge is 2.58. The summed E-state index contributed by atoms with van der Waals surface area (Å²) in [6, 6.07) is -1.42. The Labute approximate surface area is 188 Å². The van der Waals surface area contributed by atoms with Gasteiger partial charge in [-0.05, 0) is 0 Å². The molecule has 3 fully saturated rings. The van der Waals surface area contributed by atoms with E-state index in [2.05, 4.69) is 0 Å². The molecule has 0 spiro atoms. The number of hydrogen-bond acceptors (Lipinski definition) is 15. The highest BCUT2D eigenvalue weighted by Crippen LogP contribution is 2.36. The van der Waals surface area contributed by atoms with Gasteiger partial charge in [-0.2, -0.15) is 0 Å². The topological polar surface area (TPSA) is 248 Å². The van der Waals surface area contributed by atoms with Gasteiger partial charge in [0.25, 0.3) is 0 Å². The maximum Gasteiger partial charge on any atom is 0.236 e. The van der Waals surface area contributed by atoms with Crippen LogP contribution in [0.5, 0.6) is 0 Å². The molecule has 0 aliphatic carbocycles. The molecule has 3 aliphatic heterocycles. The van der Waals surface area contributed by atoms with Crippen molar-refractivity contribution in [2.24, 2.45) is 0 Å². The molecule has 9 unspecified atom stereocenters. The van der Waals surface area contributed by atoms with Crippen LogP contribution in [0, 0.1) is 0 Å². The number of aliphatic hydroxyl groups is 10. The number of hydrogen-bond donors (Lipinski definition) is 10. The minimum absolute atomic E-state index is 0.674. The molecule has 0 amide bonds. The lowest BCUT2D eigenvalue weighted by atomic mass is 9.64. The van der Waals surface area contributed by atoms with Crippen LogP contribution < -0.4 is 0 Å². The van der Waals surface area contributed by atoms with Gasteiger partial charge in [0.15, 0.2) is 12.0 Å². The summed E-state index contributed by atoms with van der Waals surface area (Å²) in [6.45, 7) is -3.88. The molecule has 15 nitrogen and oxygen atoms in total. The molecule has 1 radical (unpaired) electrons. The molecule has 0 bridgehead atoms. The van der Waals surface area contributed by atoms with E-state index < -0.39 is 106 Å². The highest BCUT2D eigenvalue weighted by molar-refractivity contribution is 6.42. The summed E-state index contributed by atoms with van der Waals surface area (Å²) < 4.78 is 27.2. The van der Waals surface area contributed by atoms with Gasteiger partial charge in [-0.3, -0.25) is 0 Å². The average Bonchev–Trinajstić information content (AvgIpc) is 3.26. The van der Waals surface area contributed by atoms with Crippen LogP contribution in [0.2, 0.25) is 0 Å². The van der Waals surface area contributed by atoms with Gasteiger partial charge in [0.1, 0.15) is 55.4 Å². The first-order valence-corrected chi connectivity index (χ1v) is 10.3. The zero-order valence-electron chi connectivity index (χ0n) is 17.4. The molecule has 10 N–H and O–H groups in total. The quantitative estimate of drug-likeness (QED) is 0.136. The molecule has 0 aromatic carbocycles. The summed E-state index contributed by atoms with van der Waals surface area (Å²) in [6.07, 6.45) is -14.3. The second-order valence-electron chi connectivity index (χ2n) is 8.16. The van der Waals surface area contributed by atoms with E-state index in [1.54, 1.807) is 0 Å². The molecule has 16 heteroatoms. The number of rotatable bonds is 9. The second-order valence-corrected chi connectivity index (χ2v) is 8.16. The van der Waals surface area contributed by atoms with Gasteiger partial charge < -0.3 is 74.7 Å².